The molecule has 0 spiro atoms. The molecule has 0 radical (unpaired) electrons. The van der Waals surface area contributed by atoms with Crippen LogP contribution >= 0.6 is 0 Å². The third kappa shape index (κ3) is 3.85. The maximum absolute atomic E-state index is 11.6. The van der Waals surface area contributed by atoms with Gasteiger partial charge in [-0.2, -0.15) is 0 Å². The highest BCUT2D eigenvalue weighted by molar-refractivity contribution is 5.82. The lowest BCUT2D eigenvalue weighted by molar-refractivity contribution is -0.127. The smallest absolute Gasteiger partial charge is 0.236 e. The van der Waals surface area contributed by atoms with Crippen LogP contribution in [-0.2, 0) is 17.8 Å². The molecule has 4 heteroatoms. The van der Waals surface area contributed by atoms with Crippen LogP contribution in [0.3, 0.4) is 0 Å². The zero-order chi connectivity index (χ0) is 15.2. The quantitative estimate of drug-likeness (QED) is 0.852. The first-order chi connectivity index (χ1) is 10.1. The fraction of sp³-hybridized carbons (Fsp3) is 0.471. The average molecular weight is 288 g/mol. The first-order valence-corrected chi connectivity index (χ1v) is 7.53. The first-order valence-electron chi connectivity index (χ1n) is 7.53. The van der Waals surface area contributed by atoms with Crippen LogP contribution in [0.15, 0.2) is 28.7 Å². The number of rotatable bonds is 7. The van der Waals surface area contributed by atoms with Gasteiger partial charge in [0.2, 0.25) is 5.91 Å². The van der Waals surface area contributed by atoms with Crippen LogP contribution in [0.25, 0.3) is 11.0 Å². The largest absolute Gasteiger partial charge is 0.461 e. The maximum Gasteiger partial charge on any atom is 0.236 e. The summed E-state index contributed by atoms with van der Waals surface area (Å²) in [7, 11) is 3.54. The summed E-state index contributed by atoms with van der Waals surface area (Å²) in [6.45, 7) is 3.19. The average Bonchev–Trinajstić information content (AvgIpc) is 2.83. The lowest BCUT2D eigenvalue weighted by Crippen LogP contribution is -2.32. The van der Waals surface area contributed by atoms with Gasteiger partial charge in [-0.05, 0) is 12.5 Å². The molecule has 1 aromatic carbocycles. The van der Waals surface area contributed by atoms with Crippen LogP contribution in [0.1, 0.15) is 31.1 Å². The molecule has 0 unspecified atom stereocenters. The van der Waals surface area contributed by atoms with Gasteiger partial charge in [-0.1, -0.05) is 31.5 Å². The monoisotopic (exact) mass is 288 g/mol. The highest BCUT2D eigenvalue weighted by Gasteiger charge is 2.13. The van der Waals surface area contributed by atoms with Crippen LogP contribution in [0.5, 0.6) is 0 Å². The fourth-order valence-electron chi connectivity index (χ4n) is 2.34. The zero-order valence-corrected chi connectivity index (χ0v) is 13.1. The minimum atomic E-state index is 0.0814. The van der Waals surface area contributed by atoms with Crippen molar-refractivity contribution in [3.8, 4) is 0 Å². The van der Waals surface area contributed by atoms with E-state index in [1.807, 2.05) is 18.2 Å². The van der Waals surface area contributed by atoms with E-state index in [0.29, 0.717) is 13.1 Å². The van der Waals surface area contributed by atoms with Crippen molar-refractivity contribution >= 4 is 16.9 Å². The van der Waals surface area contributed by atoms with E-state index >= 15 is 0 Å². The Bertz CT molecular complexity index is 602. The molecule has 4 nitrogen and oxygen atoms in total. The van der Waals surface area contributed by atoms with Crippen molar-refractivity contribution in [2.75, 3.05) is 20.6 Å². The Morgan fingerprint density at radius 2 is 2.05 bits per heavy atom. The molecule has 0 aliphatic carbocycles. The molecule has 1 amide bonds. The van der Waals surface area contributed by atoms with Gasteiger partial charge in [0.05, 0.1) is 6.54 Å². The van der Waals surface area contributed by atoms with Gasteiger partial charge in [-0.25, -0.2) is 0 Å². The number of carbonyl (C=O) groups excluding carboxylic acids is 1. The van der Waals surface area contributed by atoms with Crippen molar-refractivity contribution in [1.29, 1.82) is 0 Å². The second-order valence-corrected chi connectivity index (χ2v) is 5.50. The summed E-state index contributed by atoms with van der Waals surface area (Å²) in [6, 6.07) is 8.09. The van der Waals surface area contributed by atoms with Crippen molar-refractivity contribution in [1.82, 2.24) is 10.2 Å². The molecule has 1 heterocycles. The van der Waals surface area contributed by atoms with E-state index in [1.54, 1.807) is 19.0 Å². The van der Waals surface area contributed by atoms with E-state index < -0.39 is 0 Å². The molecular formula is C17H24N2O2. The Morgan fingerprint density at radius 3 is 2.76 bits per heavy atom. The molecule has 0 fully saturated rings. The molecule has 1 aromatic heterocycles. The number of benzene rings is 1. The number of nitrogens with one attached hydrogen (secondary N) is 1. The molecule has 0 saturated heterocycles. The molecule has 0 bridgehead atoms. The van der Waals surface area contributed by atoms with Crippen LogP contribution in [0.4, 0.5) is 0 Å². The number of aryl methyl sites for hydroxylation is 1. The van der Waals surface area contributed by atoms with Gasteiger partial charge in [0.15, 0.2) is 0 Å². The number of carbonyl (C=O) groups is 1. The molecule has 2 aromatic rings. The number of amides is 1. The number of hydrogen-bond donors (Lipinski definition) is 1. The van der Waals surface area contributed by atoms with Gasteiger partial charge < -0.3 is 14.6 Å². The highest BCUT2D eigenvalue weighted by atomic mass is 16.3. The second kappa shape index (κ2) is 7.27. The number of para-hydroxylation sites is 1. The Balaban J connectivity index is 2.13. The standard InChI is InChI=1S/C17H24N2O2/c1-4-5-9-16-14(11-18-12-17(20)19(2)3)13-8-6-7-10-15(13)21-16/h6-8,10,18H,4-5,9,11-12H2,1-3H3. The maximum atomic E-state index is 11.6. The van der Waals surface area contributed by atoms with Crippen molar-refractivity contribution < 1.29 is 9.21 Å². The molecular weight excluding hydrogens is 264 g/mol. The fourth-order valence-corrected chi connectivity index (χ4v) is 2.34. The highest BCUT2D eigenvalue weighted by Crippen LogP contribution is 2.27. The summed E-state index contributed by atoms with van der Waals surface area (Å²) in [6.07, 6.45) is 3.20. The molecule has 114 valence electrons. The van der Waals surface area contributed by atoms with Crippen LogP contribution < -0.4 is 5.32 Å². The predicted octanol–water partition coefficient (Wildman–Crippen LogP) is 2.95. The van der Waals surface area contributed by atoms with Gasteiger partial charge in [0.25, 0.3) is 0 Å². The summed E-state index contributed by atoms with van der Waals surface area (Å²) in [5.41, 5.74) is 2.12. The molecule has 2 rings (SSSR count). The first kappa shape index (κ1) is 15.6. The predicted molar refractivity (Wildman–Crippen MR) is 85.2 cm³/mol. The SMILES string of the molecule is CCCCc1oc2ccccc2c1CNCC(=O)N(C)C. The minimum absolute atomic E-state index is 0.0814. The molecule has 1 N–H and O–H groups in total. The van der Waals surface area contributed by atoms with Gasteiger partial charge in [-0.15, -0.1) is 0 Å². The Morgan fingerprint density at radius 1 is 1.29 bits per heavy atom. The van der Waals surface area contributed by atoms with Crippen LogP contribution in [-0.4, -0.2) is 31.4 Å². The summed E-state index contributed by atoms with van der Waals surface area (Å²) in [4.78, 5) is 13.2. The van der Waals surface area contributed by atoms with Crippen molar-refractivity contribution in [3.63, 3.8) is 0 Å². The molecule has 21 heavy (non-hydrogen) atoms. The van der Waals surface area contributed by atoms with Crippen molar-refractivity contribution in [2.24, 2.45) is 0 Å². The summed E-state index contributed by atoms with van der Waals surface area (Å²) in [5, 5.41) is 4.37. The number of likely N-dealkylation sites (N-methyl/N-ethyl adjacent to an activating group) is 1. The molecule has 0 aliphatic rings. The van der Waals surface area contributed by atoms with E-state index in [2.05, 4.69) is 18.3 Å². The molecule has 0 atom stereocenters. The number of furan rings is 1. The van der Waals surface area contributed by atoms with Crippen molar-refractivity contribution in [3.05, 3.63) is 35.6 Å². The lowest BCUT2D eigenvalue weighted by atomic mass is 10.1. The third-order valence-corrected chi connectivity index (χ3v) is 3.62. The van der Waals surface area contributed by atoms with Gasteiger partial charge in [0.1, 0.15) is 11.3 Å². The Labute approximate surface area is 126 Å². The second-order valence-electron chi connectivity index (χ2n) is 5.50. The van der Waals surface area contributed by atoms with E-state index in [0.717, 1.165) is 36.0 Å². The number of nitrogens with zero attached hydrogens (tertiary/aromatic N) is 1. The summed E-state index contributed by atoms with van der Waals surface area (Å²) < 4.78 is 5.97. The zero-order valence-electron chi connectivity index (χ0n) is 13.1. The van der Waals surface area contributed by atoms with Crippen LogP contribution in [0.2, 0.25) is 0 Å². The number of unbranched alkanes of at least 4 members (excludes halogenated alkanes) is 1. The number of fused-ring (bicyclic) bond motifs is 1. The Kier molecular flexibility index (Phi) is 5.39. The topological polar surface area (TPSA) is 45.5 Å². The normalized spacial score (nSPS) is 11.0. The summed E-state index contributed by atoms with van der Waals surface area (Å²) >= 11 is 0. The molecule has 0 saturated carbocycles. The Hall–Kier alpha value is -1.81. The lowest BCUT2D eigenvalue weighted by Gasteiger charge is -2.11. The summed E-state index contributed by atoms with van der Waals surface area (Å²) in [5.74, 6) is 1.13. The van der Waals surface area contributed by atoms with Crippen LogP contribution in [0, 0.1) is 0 Å². The minimum Gasteiger partial charge on any atom is -0.461 e. The van der Waals surface area contributed by atoms with E-state index in [4.69, 9.17) is 4.42 Å². The van der Waals surface area contributed by atoms with Gasteiger partial charge in [0, 0.05) is 38.0 Å². The molecule has 0 aliphatic heterocycles. The third-order valence-electron chi connectivity index (χ3n) is 3.62. The van der Waals surface area contributed by atoms with E-state index in [9.17, 15) is 4.79 Å². The van der Waals surface area contributed by atoms with Gasteiger partial charge in [-0.3, -0.25) is 4.79 Å². The van der Waals surface area contributed by atoms with E-state index in [1.165, 1.54) is 5.56 Å². The van der Waals surface area contributed by atoms with Crippen molar-refractivity contribution in [2.45, 2.75) is 32.7 Å². The van der Waals surface area contributed by atoms with E-state index in [-0.39, 0.29) is 5.91 Å². The van der Waals surface area contributed by atoms with Gasteiger partial charge >= 0.3 is 0 Å². The number of hydrogen-bond acceptors (Lipinski definition) is 3.